The van der Waals surface area contributed by atoms with E-state index < -0.39 is 0 Å². The first kappa shape index (κ1) is 20.8. The fourth-order valence-corrected chi connectivity index (χ4v) is 1.25. The molecule has 0 saturated carbocycles. The summed E-state index contributed by atoms with van der Waals surface area (Å²) in [4.78, 5) is 0. The van der Waals surface area contributed by atoms with Gasteiger partial charge in [-0.25, -0.2) is 0 Å². The van der Waals surface area contributed by atoms with Gasteiger partial charge in [0.05, 0.1) is 0 Å². The largest absolute Gasteiger partial charge is 1.00 e. The van der Waals surface area contributed by atoms with Crippen LogP contribution in [0.4, 0.5) is 0 Å². The van der Waals surface area contributed by atoms with E-state index in [1.165, 1.54) is 5.56 Å². The first-order valence-electron chi connectivity index (χ1n) is 5.15. The van der Waals surface area contributed by atoms with Gasteiger partial charge in [-0.05, 0) is 0 Å². The van der Waals surface area contributed by atoms with E-state index in [1.54, 1.807) is 0 Å². The molecule has 0 aliphatic carbocycles. The SMILES string of the molecule is CC(C)(C)c1[c-]cc(C(C)(C)C)c[c-]1.[K+].[K+]. The molecule has 78 valence electrons. The van der Waals surface area contributed by atoms with E-state index in [2.05, 4.69) is 65.8 Å². The van der Waals surface area contributed by atoms with Crippen molar-refractivity contribution in [3.05, 3.63) is 35.4 Å². The van der Waals surface area contributed by atoms with Crippen molar-refractivity contribution in [3.63, 3.8) is 0 Å². The van der Waals surface area contributed by atoms with E-state index in [0.29, 0.717) is 0 Å². The molecular formula is C14H20K2. The summed E-state index contributed by atoms with van der Waals surface area (Å²) in [6, 6.07) is 10.8. The molecule has 0 unspecified atom stereocenters. The molecule has 0 fully saturated rings. The van der Waals surface area contributed by atoms with Crippen LogP contribution in [0.15, 0.2) is 12.1 Å². The maximum Gasteiger partial charge on any atom is 1.00 e. The zero-order chi connectivity index (χ0) is 11.0. The average molecular weight is 267 g/mol. The summed E-state index contributed by atoms with van der Waals surface area (Å²) >= 11 is 0. The fraction of sp³-hybridized carbons (Fsp3) is 0.571. The van der Waals surface area contributed by atoms with Crippen molar-refractivity contribution in [1.82, 2.24) is 0 Å². The van der Waals surface area contributed by atoms with E-state index in [-0.39, 0.29) is 114 Å². The first-order valence-corrected chi connectivity index (χ1v) is 5.15. The Hall–Kier alpha value is 2.49. The van der Waals surface area contributed by atoms with Gasteiger partial charge in [0.1, 0.15) is 0 Å². The van der Waals surface area contributed by atoms with Gasteiger partial charge in [0, 0.05) is 0 Å². The molecule has 0 saturated heterocycles. The molecule has 0 amide bonds. The minimum atomic E-state index is 0. The van der Waals surface area contributed by atoms with Gasteiger partial charge >= 0.3 is 103 Å². The fourth-order valence-electron chi connectivity index (χ4n) is 1.25. The second-order valence-corrected chi connectivity index (χ2v) is 5.91. The van der Waals surface area contributed by atoms with Gasteiger partial charge in [0.2, 0.25) is 0 Å². The Labute approximate surface area is 186 Å². The summed E-state index contributed by atoms with van der Waals surface area (Å²) in [5.74, 6) is 0. The third kappa shape index (κ3) is 6.60. The molecule has 0 atom stereocenters. The van der Waals surface area contributed by atoms with Crippen LogP contribution >= 0.6 is 0 Å². The van der Waals surface area contributed by atoms with Crippen molar-refractivity contribution in [2.75, 3.05) is 0 Å². The number of benzene rings is 1. The Morgan fingerprint density at radius 3 is 1.38 bits per heavy atom. The van der Waals surface area contributed by atoms with Crippen molar-refractivity contribution in [2.24, 2.45) is 0 Å². The summed E-state index contributed by atoms with van der Waals surface area (Å²) in [6.45, 7) is 13.2. The Morgan fingerprint density at radius 1 is 0.750 bits per heavy atom. The molecule has 0 radical (unpaired) electrons. The summed E-state index contributed by atoms with van der Waals surface area (Å²) in [5, 5.41) is 0. The maximum absolute atomic E-state index is 3.33. The number of hydrogen-bond acceptors (Lipinski definition) is 0. The van der Waals surface area contributed by atoms with Gasteiger partial charge < -0.3 is 12.1 Å². The minimum absolute atomic E-state index is 0. The van der Waals surface area contributed by atoms with Gasteiger partial charge in [-0.1, -0.05) is 47.0 Å². The number of rotatable bonds is 0. The molecular weight excluding hydrogens is 246 g/mol. The molecule has 0 spiro atoms. The second kappa shape index (κ2) is 7.93. The molecule has 0 aliphatic heterocycles. The normalized spacial score (nSPS) is 11.4. The van der Waals surface area contributed by atoms with Gasteiger partial charge in [-0.15, -0.1) is 5.41 Å². The summed E-state index contributed by atoms with van der Waals surface area (Å²) in [7, 11) is 0. The molecule has 0 bridgehead atoms. The quantitative estimate of drug-likeness (QED) is 0.372. The van der Waals surface area contributed by atoms with E-state index >= 15 is 0 Å². The smallest absolute Gasteiger partial charge is 0.355 e. The third-order valence-corrected chi connectivity index (χ3v) is 2.36. The van der Waals surface area contributed by atoms with Crippen LogP contribution in [0.1, 0.15) is 52.7 Å². The Morgan fingerprint density at radius 2 is 1.12 bits per heavy atom. The Balaban J connectivity index is 0. The first-order chi connectivity index (χ1) is 6.21. The molecule has 0 nitrogen and oxygen atoms in total. The minimum Gasteiger partial charge on any atom is -0.355 e. The summed E-state index contributed by atoms with van der Waals surface area (Å²) < 4.78 is 0. The predicted molar refractivity (Wildman–Crippen MR) is 61.5 cm³/mol. The van der Waals surface area contributed by atoms with E-state index in [1.807, 2.05) is 0 Å². The summed E-state index contributed by atoms with van der Waals surface area (Å²) in [6.07, 6.45) is 0. The van der Waals surface area contributed by atoms with Crippen LogP contribution in [0.2, 0.25) is 0 Å². The van der Waals surface area contributed by atoms with Crippen LogP contribution in [0.5, 0.6) is 0 Å². The van der Waals surface area contributed by atoms with Crippen molar-refractivity contribution in [1.29, 1.82) is 0 Å². The van der Waals surface area contributed by atoms with Gasteiger partial charge in [-0.3, -0.25) is 23.3 Å². The molecule has 1 rings (SSSR count). The van der Waals surface area contributed by atoms with Gasteiger partial charge in [0.25, 0.3) is 0 Å². The number of hydrogen-bond donors (Lipinski definition) is 0. The summed E-state index contributed by atoms with van der Waals surface area (Å²) in [5.41, 5.74) is 2.80. The molecule has 16 heavy (non-hydrogen) atoms. The van der Waals surface area contributed by atoms with E-state index in [0.717, 1.165) is 5.56 Å². The third-order valence-electron chi connectivity index (χ3n) is 2.36. The average Bonchev–Trinajstić information content (AvgIpc) is 2.01. The molecule has 2 heteroatoms. The molecule has 0 N–H and O–H groups in total. The van der Waals surface area contributed by atoms with Crippen molar-refractivity contribution < 1.29 is 103 Å². The molecule has 0 heterocycles. The zero-order valence-corrected chi connectivity index (χ0v) is 18.4. The second-order valence-electron chi connectivity index (χ2n) is 5.91. The van der Waals surface area contributed by atoms with Crippen molar-refractivity contribution >= 4 is 0 Å². The van der Waals surface area contributed by atoms with Crippen molar-refractivity contribution in [2.45, 2.75) is 52.4 Å². The van der Waals surface area contributed by atoms with E-state index in [9.17, 15) is 0 Å². The maximum atomic E-state index is 3.33. The zero-order valence-electron chi connectivity index (χ0n) is 12.2. The Kier molecular flexibility index (Phi) is 10.3. The van der Waals surface area contributed by atoms with Gasteiger partial charge in [-0.2, -0.15) is 0 Å². The van der Waals surface area contributed by atoms with Crippen LogP contribution < -0.4 is 103 Å². The molecule has 1 aromatic rings. The van der Waals surface area contributed by atoms with Crippen LogP contribution in [0, 0.1) is 12.1 Å². The van der Waals surface area contributed by atoms with Gasteiger partial charge in [0.15, 0.2) is 0 Å². The topological polar surface area (TPSA) is 0 Å². The monoisotopic (exact) mass is 266 g/mol. The standard InChI is InChI=1S/C14H20.2K/c1-13(2,3)11-7-9-12(10-8-11)14(4,5)6;;/h7-8H,1-6H3;;/q-2;2*+1. The van der Waals surface area contributed by atoms with Crippen LogP contribution in [-0.4, -0.2) is 0 Å². The van der Waals surface area contributed by atoms with Crippen LogP contribution in [0.3, 0.4) is 0 Å². The molecule has 0 aliphatic rings. The Bertz CT molecular complexity index is 266. The molecule has 0 aromatic heterocycles. The molecule has 1 aromatic carbocycles. The van der Waals surface area contributed by atoms with E-state index in [4.69, 9.17) is 0 Å². The predicted octanol–water partition coefficient (Wildman–Crippen LogP) is -2.11. The van der Waals surface area contributed by atoms with Crippen LogP contribution in [-0.2, 0) is 10.8 Å². The van der Waals surface area contributed by atoms with Crippen molar-refractivity contribution in [3.8, 4) is 0 Å². The van der Waals surface area contributed by atoms with Crippen LogP contribution in [0.25, 0.3) is 0 Å².